The van der Waals surface area contributed by atoms with Crippen molar-refractivity contribution in [2.75, 3.05) is 54.0 Å². The van der Waals surface area contributed by atoms with Crippen molar-refractivity contribution in [3.8, 4) is 0 Å². The molecule has 2 atom stereocenters. The van der Waals surface area contributed by atoms with E-state index in [0.717, 1.165) is 46.7 Å². The summed E-state index contributed by atoms with van der Waals surface area (Å²) in [7, 11) is 5.53. The van der Waals surface area contributed by atoms with Crippen molar-refractivity contribution in [1.29, 1.82) is 0 Å². The lowest BCUT2D eigenvalue weighted by atomic mass is 9.87. The Morgan fingerprint density at radius 1 is 1.16 bits per heavy atom. The van der Waals surface area contributed by atoms with Crippen LogP contribution in [0.2, 0.25) is 0 Å². The minimum Gasteiger partial charge on any atom is -0.447 e. The van der Waals surface area contributed by atoms with Crippen LogP contribution in [0.3, 0.4) is 0 Å². The number of methoxy groups -OCH3 is 1. The Morgan fingerprint density at radius 2 is 1.71 bits per heavy atom. The summed E-state index contributed by atoms with van der Waals surface area (Å²) in [6.07, 6.45) is 3.50. The SMILES string of the molecule is C=CCC(c1ccc(C)cc1C(=C)C(NC(C)=O)/C(=C(\C)N=C)N(C)C)N1CCN(C(=O)OC(C)C)CC1.C=CN.CCOC. The van der Waals surface area contributed by atoms with Gasteiger partial charge < -0.3 is 30.3 Å². The zero-order chi connectivity index (χ0) is 34.7. The fraction of sp³-hybridized carbons (Fsp3) is 0.514. The van der Waals surface area contributed by atoms with Crippen LogP contribution >= 0.6 is 0 Å². The first-order chi connectivity index (χ1) is 21.2. The highest BCUT2D eigenvalue weighted by atomic mass is 16.6. The molecule has 0 radical (unpaired) electrons. The molecule has 2 amide bonds. The molecule has 45 heavy (non-hydrogen) atoms. The first-order valence-electron chi connectivity index (χ1n) is 15.3. The van der Waals surface area contributed by atoms with Gasteiger partial charge in [-0.1, -0.05) is 43.0 Å². The fourth-order valence-corrected chi connectivity index (χ4v) is 4.91. The van der Waals surface area contributed by atoms with Gasteiger partial charge in [-0.2, -0.15) is 0 Å². The highest BCUT2D eigenvalue weighted by molar-refractivity contribution is 5.81. The highest BCUT2D eigenvalue weighted by Crippen LogP contribution is 2.35. The molecule has 1 aromatic carbocycles. The van der Waals surface area contributed by atoms with Crippen molar-refractivity contribution in [2.24, 2.45) is 10.7 Å². The number of nitrogens with one attached hydrogen (secondary N) is 1. The van der Waals surface area contributed by atoms with E-state index in [1.54, 1.807) is 12.0 Å². The molecule has 1 aliphatic heterocycles. The van der Waals surface area contributed by atoms with Gasteiger partial charge in [0.15, 0.2) is 0 Å². The van der Waals surface area contributed by atoms with Gasteiger partial charge >= 0.3 is 6.09 Å². The van der Waals surface area contributed by atoms with Crippen molar-refractivity contribution < 1.29 is 19.1 Å². The van der Waals surface area contributed by atoms with Gasteiger partial charge in [0.05, 0.1) is 23.5 Å². The molecular formula is C35H58N6O4. The number of aryl methyl sites for hydroxylation is 1. The standard InChI is InChI=1S/C30H45N5O3.C3H8O.C2H5N/c1-11-12-27(34-15-17-35(18-16-34)30(37)38-20(2)3)25-14-13-21(4)19-26(25)22(5)28(32-24(7)36)29(33(9)10)23(6)31-8;1-3-4-2;1-2-3/h11,13-14,19-20,27-28H,1,5,8,12,15-18H2,2-4,6-7,9-10H3,(H,32,36);3H2,1-2H3;2H,1,3H2/b29-23-;;. The van der Waals surface area contributed by atoms with E-state index < -0.39 is 6.04 Å². The Bertz CT molecular complexity index is 1150. The summed E-state index contributed by atoms with van der Waals surface area (Å²) in [5.74, 6) is -0.159. The molecule has 3 N–H and O–H groups in total. The molecule has 0 aromatic heterocycles. The number of hydrogen-bond acceptors (Lipinski definition) is 8. The van der Waals surface area contributed by atoms with E-state index in [1.807, 2.05) is 52.8 Å². The summed E-state index contributed by atoms with van der Waals surface area (Å²) in [6, 6.07) is 5.92. The fourth-order valence-electron chi connectivity index (χ4n) is 4.91. The second kappa shape index (κ2) is 21.8. The summed E-state index contributed by atoms with van der Waals surface area (Å²) in [4.78, 5) is 35.0. The molecule has 10 nitrogen and oxygen atoms in total. The van der Waals surface area contributed by atoms with Crippen LogP contribution in [-0.4, -0.2) is 99.6 Å². The van der Waals surface area contributed by atoms with Crippen molar-refractivity contribution in [1.82, 2.24) is 20.0 Å². The first kappa shape index (κ1) is 41.1. The molecule has 1 heterocycles. The number of amides is 2. The van der Waals surface area contributed by atoms with Gasteiger partial charge in [-0.15, -0.1) is 6.58 Å². The molecule has 2 rings (SSSR count). The molecule has 0 bridgehead atoms. The zero-order valence-corrected chi connectivity index (χ0v) is 29.2. The lowest BCUT2D eigenvalue weighted by Gasteiger charge is -2.40. The zero-order valence-electron chi connectivity index (χ0n) is 29.2. The summed E-state index contributed by atoms with van der Waals surface area (Å²) >= 11 is 0. The number of ether oxygens (including phenoxy) is 2. The maximum atomic E-state index is 12.4. The molecule has 1 aliphatic rings. The van der Waals surface area contributed by atoms with Gasteiger partial charge in [0.25, 0.3) is 0 Å². The molecule has 252 valence electrons. The van der Waals surface area contributed by atoms with Crippen molar-refractivity contribution in [3.63, 3.8) is 0 Å². The summed E-state index contributed by atoms with van der Waals surface area (Å²) in [5.41, 5.74) is 10.1. The lowest BCUT2D eigenvalue weighted by Crippen LogP contribution is -2.50. The molecule has 10 heteroatoms. The van der Waals surface area contributed by atoms with Crippen LogP contribution in [0.4, 0.5) is 4.79 Å². The molecule has 0 spiro atoms. The Labute approximate surface area is 272 Å². The smallest absolute Gasteiger partial charge is 0.410 e. The Morgan fingerprint density at radius 3 is 2.13 bits per heavy atom. The first-order valence-corrected chi connectivity index (χ1v) is 15.3. The number of hydrogen-bond donors (Lipinski definition) is 2. The molecule has 1 aromatic rings. The van der Waals surface area contributed by atoms with E-state index in [0.29, 0.717) is 26.2 Å². The quantitative estimate of drug-likeness (QED) is 0.232. The molecule has 0 saturated carbocycles. The van der Waals surface area contributed by atoms with Crippen LogP contribution in [-0.2, 0) is 14.3 Å². The van der Waals surface area contributed by atoms with Crippen molar-refractivity contribution in [2.45, 2.75) is 66.2 Å². The molecule has 0 aliphatic carbocycles. The third-order valence-electron chi connectivity index (χ3n) is 7.00. The third-order valence-corrected chi connectivity index (χ3v) is 7.00. The van der Waals surface area contributed by atoms with E-state index in [2.05, 4.69) is 77.3 Å². The van der Waals surface area contributed by atoms with Gasteiger partial charge in [0.2, 0.25) is 5.91 Å². The van der Waals surface area contributed by atoms with Crippen molar-refractivity contribution in [3.05, 3.63) is 78.3 Å². The monoisotopic (exact) mass is 626 g/mol. The predicted molar refractivity (Wildman–Crippen MR) is 188 cm³/mol. The van der Waals surface area contributed by atoms with Gasteiger partial charge in [0, 0.05) is 67.0 Å². The topological polar surface area (TPSA) is 113 Å². The summed E-state index contributed by atoms with van der Waals surface area (Å²) in [5, 5.41) is 3.09. The second-order valence-corrected chi connectivity index (χ2v) is 11.1. The maximum absolute atomic E-state index is 12.4. The van der Waals surface area contributed by atoms with Gasteiger partial charge in [0.1, 0.15) is 0 Å². The van der Waals surface area contributed by atoms with Crippen LogP contribution < -0.4 is 11.1 Å². The van der Waals surface area contributed by atoms with E-state index >= 15 is 0 Å². The van der Waals surface area contributed by atoms with Crippen molar-refractivity contribution >= 4 is 24.3 Å². The van der Waals surface area contributed by atoms with Crippen LogP contribution in [0, 0.1) is 6.92 Å². The maximum Gasteiger partial charge on any atom is 0.410 e. The number of carbonyl (C=O) groups is 2. The average Bonchev–Trinajstić information content (AvgIpc) is 2.99. The number of nitrogens with zero attached hydrogens (tertiary/aromatic N) is 4. The van der Waals surface area contributed by atoms with Gasteiger partial charge in [-0.3, -0.25) is 14.7 Å². The molecule has 1 saturated heterocycles. The van der Waals surface area contributed by atoms with Crippen LogP contribution in [0.15, 0.2) is 66.6 Å². The average molecular weight is 627 g/mol. The van der Waals surface area contributed by atoms with Gasteiger partial charge in [-0.05, 0) is 70.7 Å². The number of likely N-dealkylation sites (N-methyl/N-ethyl adjacent to an activating group) is 1. The summed E-state index contributed by atoms with van der Waals surface area (Å²) in [6.45, 7) is 29.9. The normalized spacial score (nSPS) is 14.7. The third kappa shape index (κ3) is 13.7. The van der Waals surface area contributed by atoms with E-state index in [1.165, 1.54) is 13.1 Å². The number of nitrogens with two attached hydrogens (primary N) is 1. The van der Waals surface area contributed by atoms with E-state index in [4.69, 9.17) is 4.74 Å². The predicted octanol–water partition coefficient (Wildman–Crippen LogP) is 5.53. The van der Waals surface area contributed by atoms with E-state index in [9.17, 15) is 9.59 Å². The van der Waals surface area contributed by atoms with Gasteiger partial charge in [-0.25, -0.2) is 4.79 Å². The van der Waals surface area contributed by atoms with E-state index in [-0.39, 0.29) is 24.1 Å². The Hall–Kier alpha value is -3.89. The number of allylic oxidation sites excluding steroid dienone is 1. The molecular weight excluding hydrogens is 568 g/mol. The van der Waals surface area contributed by atoms with Crippen LogP contribution in [0.1, 0.15) is 63.8 Å². The Balaban J connectivity index is 0.00000250. The number of rotatable bonds is 12. The Kier molecular flexibility index (Phi) is 19.9. The number of piperazine rings is 1. The minimum atomic E-state index is -0.486. The molecule has 1 fully saturated rings. The number of aliphatic imine (C=N–C) groups is 1. The summed E-state index contributed by atoms with van der Waals surface area (Å²) < 4.78 is 9.94. The second-order valence-electron chi connectivity index (χ2n) is 11.1. The number of carbonyl (C=O) groups excluding carboxylic acids is 2. The lowest BCUT2D eigenvalue weighted by molar-refractivity contribution is -0.119. The number of benzene rings is 1. The van der Waals surface area contributed by atoms with Crippen LogP contribution in [0.25, 0.3) is 5.57 Å². The highest BCUT2D eigenvalue weighted by Gasteiger charge is 2.31. The largest absolute Gasteiger partial charge is 0.447 e. The van der Waals surface area contributed by atoms with Crippen LogP contribution in [0.5, 0.6) is 0 Å². The molecule has 2 unspecified atom stereocenters. The minimum absolute atomic E-state index is 0.0338.